The van der Waals surface area contributed by atoms with E-state index < -0.39 is 10.0 Å². The molecule has 1 fully saturated rings. The molecule has 0 unspecified atom stereocenters. The molecule has 6 nitrogen and oxygen atoms in total. The Kier molecular flexibility index (Phi) is 4.01. The number of carbonyl (C=O) groups excluding carboxylic acids is 1. The van der Waals surface area contributed by atoms with Crippen molar-refractivity contribution in [2.24, 2.45) is 5.14 Å². The van der Waals surface area contributed by atoms with Gasteiger partial charge in [0.25, 0.3) is 0 Å². The summed E-state index contributed by atoms with van der Waals surface area (Å²) in [6.45, 7) is 1.07. The molecule has 3 rings (SSSR count). The molecular weight excluding hydrogens is 338 g/mol. The van der Waals surface area contributed by atoms with Crippen molar-refractivity contribution in [1.82, 2.24) is 5.32 Å². The molecule has 1 aliphatic rings. The second kappa shape index (κ2) is 5.84. The fraction of sp³-hybridized carbons (Fsp3) is 0.133. The van der Waals surface area contributed by atoms with Gasteiger partial charge in [0.1, 0.15) is 0 Å². The zero-order valence-electron chi connectivity index (χ0n) is 12.0. The Morgan fingerprint density at radius 2 is 1.83 bits per heavy atom. The second-order valence-electron chi connectivity index (χ2n) is 5.12. The number of anilines is 1. The average molecular weight is 352 g/mol. The van der Waals surface area contributed by atoms with Gasteiger partial charge >= 0.3 is 6.03 Å². The summed E-state index contributed by atoms with van der Waals surface area (Å²) in [7, 11) is -3.90. The lowest BCUT2D eigenvalue weighted by Crippen LogP contribution is -2.27. The molecule has 0 radical (unpaired) electrons. The van der Waals surface area contributed by atoms with E-state index in [4.69, 9.17) is 16.7 Å². The number of rotatable bonds is 3. The van der Waals surface area contributed by atoms with Crippen LogP contribution in [0.4, 0.5) is 10.5 Å². The van der Waals surface area contributed by atoms with E-state index in [2.05, 4.69) is 5.32 Å². The van der Waals surface area contributed by atoms with Crippen LogP contribution >= 0.6 is 11.6 Å². The topological polar surface area (TPSA) is 92.5 Å². The van der Waals surface area contributed by atoms with Crippen LogP contribution in [-0.4, -0.2) is 27.5 Å². The Bertz CT molecular complexity index is 866. The van der Waals surface area contributed by atoms with E-state index in [0.29, 0.717) is 34.9 Å². The maximum absolute atomic E-state index is 11.8. The minimum absolute atomic E-state index is 0.00294. The van der Waals surface area contributed by atoms with Crippen LogP contribution in [0, 0.1) is 0 Å². The molecule has 0 aliphatic carbocycles. The third-order valence-corrected chi connectivity index (χ3v) is 4.81. The first-order chi connectivity index (χ1) is 10.9. The summed E-state index contributed by atoms with van der Waals surface area (Å²) in [5.74, 6) is 0. The lowest BCUT2D eigenvalue weighted by Gasteiger charge is -2.17. The lowest BCUT2D eigenvalue weighted by molar-refractivity contribution is 0.252. The van der Waals surface area contributed by atoms with Gasteiger partial charge in [-0.2, -0.15) is 0 Å². The number of hydrogen-bond acceptors (Lipinski definition) is 3. The molecule has 1 saturated heterocycles. The quantitative estimate of drug-likeness (QED) is 0.887. The van der Waals surface area contributed by atoms with Crippen molar-refractivity contribution < 1.29 is 13.2 Å². The van der Waals surface area contributed by atoms with E-state index in [0.717, 1.165) is 0 Å². The third kappa shape index (κ3) is 3.17. The molecule has 1 heterocycles. The Balaban J connectivity index is 2.16. The van der Waals surface area contributed by atoms with Gasteiger partial charge in [-0.3, -0.25) is 4.90 Å². The van der Waals surface area contributed by atoms with Crippen molar-refractivity contribution in [1.29, 1.82) is 0 Å². The van der Waals surface area contributed by atoms with Crippen LogP contribution in [0.25, 0.3) is 11.1 Å². The molecule has 0 atom stereocenters. The first-order valence-electron chi connectivity index (χ1n) is 6.84. The second-order valence-corrected chi connectivity index (χ2v) is 7.08. The van der Waals surface area contributed by atoms with Crippen molar-refractivity contribution in [2.75, 3.05) is 18.0 Å². The summed E-state index contributed by atoms with van der Waals surface area (Å²) < 4.78 is 23.7. The predicted octanol–water partition coefficient (Wildman–Crippen LogP) is 2.18. The highest BCUT2D eigenvalue weighted by atomic mass is 35.5. The molecule has 0 aromatic heterocycles. The van der Waals surface area contributed by atoms with Crippen molar-refractivity contribution >= 4 is 33.3 Å². The molecule has 2 amide bonds. The fourth-order valence-corrected chi connectivity index (χ4v) is 3.37. The van der Waals surface area contributed by atoms with E-state index in [-0.39, 0.29) is 10.9 Å². The number of amides is 2. The van der Waals surface area contributed by atoms with Crippen molar-refractivity contribution in [2.45, 2.75) is 4.90 Å². The van der Waals surface area contributed by atoms with Gasteiger partial charge in [-0.25, -0.2) is 18.4 Å². The zero-order valence-corrected chi connectivity index (χ0v) is 13.6. The van der Waals surface area contributed by atoms with Crippen LogP contribution in [0.3, 0.4) is 0 Å². The molecule has 0 bridgehead atoms. The number of hydrogen-bond donors (Lipinski definition) is 2. The Hall–Kier alpha value is -2.09. The van der Waals surface area contributed by atoms with Gasteiger partial charge in [0, 0.05) is 29.4 Å². The van der Waals surface area contributed by atoms with Crippen LogP contribution < -0.4 is 15.4 Å². The van der Waals surface area contributed by atoms with Crippen molar-refractivity contribution in [3.63, 3.8) is 0 Å². The minimum atomic E-state index is -3.90. The molecule has 0 saturated carbocycles. The van der Waals surface area contributed by atoms with E-state index in [9.17, 15) is 13.2 Å². The number of urea groups is 1. The van der Waals surface area contributed by atoms with Crippen LogP contribution in [0.1, 0.15) is 0 Å². The number of nitrogens with two attached hydrogens (primary N) is 1. The van der Waals surface area contributed by atoms with Gasteiger partial charge < -0.3 is 5.32 Å². The number of nitrogens with one attached hydrogen (secondary N) is 1. The first kappa shape index (κ1) is 15.8. The summed E-state index contributed by atoms with van der Waals surface area (Å²) in [6, 6.07) is 11.2. The Morgan fingerprint density at radius 1 is 1.13 bits per heavy atom. The smallest absolute Gasteiger partial charge is 0.321 e. The molecule has 2 aromatic rings. The maximum Gasteiger partial charge on any atom is 0.321 e. The van der Waals surface area contributed by atoms with Crippen LogP contribution in [-0.2, 0) is 10.0 Å². The highest BCUT2D eigenvalue weighted by molar-refractivity contribution is 7.89. The SMILES string of the molecule is NS(=O)(=O)c1ccc(N2CCNC2=O)cc1-c1ccc(Cl)cc1. The van der Waals surface area contributed by atoms with Crippen LogP contribution in [0.15, 0.2) is 47.4 Å². The predicted molar refractivity (Wildman–Crippen MR) is 89.0 cm³/mol. The van der Waals surface area contributed by atoms with Gasteiger partial charge in [-0.05, 0) is 35.9 Å². The summed E-state index contributed by atoms with van der Waals surface area (Å²) in [5.41, 5.74) is 1.69. The van der Waals surface area contributed by atoms with E-state index in [1.165, 1.54) is 6.07 Å². The number of carbonyl (C=O) groups is 1. The first-order valence-corrected chi connectivity index (χ1v) is 8.77. The van der Waals surface area contributed by atoms with Gasteiger partial charge in [0.15, 0.2) is 0 Å². The van der Waals surface area contributed by atoms with Gasteiger partial charge in [-0.1, -0.05) is 23.7 Å². The van der Waals surface area contributed by atoms with E-state index in [1.807, 2.05) is 0 Å². The third-order valence-electron chi connectivity index (χ3n) is 3.59. The maximum atomic E-state index is 11.8. The number of halogens is 1. The Morgan fingerprint density at radius 3 is 2.39 bits per heavy atom. The molecule has 1 aliphatic heterocycles. The molecule has 23 heavy (non-hydrogen) atoms. The number of primary sulfonamides is 1. The number of benzene rings is 2. The summed E-state index contributed by atoms with van der Waals surface area (Å²) >= 11 is 5.88. The minimum Gasteiger partial charge on any atom is -0.336 e. The molecule has 2 aromatic carbocycles. The van der Waals surface area contributed by atoms with Crippen molar-refractivity contribution in [3.8, 4) is 11.1 Å². The largest absolute Gasteiger partial charge is 0.336 e. The fourth-order valence-electron chi connectivity index (χ4n) is 2.51. The highest BCUT2D eigenvalue weighted by Crippen LogP contribution is 2.32. The summed E-state index contributed by atoms with van der Waals surface area (Å²) in [6.07, 6.45) is 0. The van der Waals surface area contributed by atoms with Gasteiger partial charge in [0.2, 0.25) is 10.0 Å². The molecule has 3 N–H and O–H groups in total. The van der Waals surface area contributed by atoms with Crippen LogP contribution in [0.5, 0.6) is 0 Å². The summed E-state index contributed by atoms with van der Waals surface area (Å²) in [5, 5.41) is 8.56. The highest BCUT2D eigenvalue weighted by Gasteiger charge is 2.23. The molecule has 8 heteroatoms. The monoisotopic (exact) mass is 351 g/mol. The summed E-state index contributed by atoms with van der Waals surface area (Å²) in [4.78, 5) is 13.4. The lowest BCUT2D eigenvalue weighted by atomic mass is 10.0. The average Bonchev–Trinajstić information content (AvgIpc) is 2.93. The van der Waals surface area contributed by atoms with Gasteiger partial charge in [0.05, 0.1) is 4.90 Å². The standard InChI is InChI=1S/C15H14ClN3O3S/c16-11-3-1-10(2-4-11)13-9-12(19-8-7-18-15(19)20)5-6-14(13)23(17,21)22/h1-6,9H,7-8H2,(H,18,20)(H2,17,21,22). The molecular formula is C15H14ClN3O3S. The van der Waals surface area contributed by atoms with E-state index >= 15 is 0 Å². The molecule has 120 valence electrons. The van der Waals surface area contributed by atoms with Gasteiger partial charge in [-0.15, -0.1) is 0 Å². The van der Waals surface area contributed by atoms with Crippen molar-refractivity contribution in [3.05, 3.63) is 47.5 Å². The normalized spacial score (nSPS) is 14.9. The number of sulfonamides is 1. The Labute approximate surface area is 138 Å². The van der Waals surface area contributed by atoms with E-state index in [1.54, 1.807) is 41.3 Å². The number of nitrogens with zero attached hydrogens (tertiary/aromatic N) is 1. The van der Waals surface area contributed by atoms with Crippen LogP contribution in [0.2, 0.25) is 5.02 Å². The molecule has 0 spiro atoms. The zero-order chi connectivity index (χ0) is 16.6.